The highest BCUT2D eigenvalue weighted by Gasteiger charge is 2.38. The lowest BCUT2D eigenvalue weighted by Crippen LogP contribution is -2.47. The number of amides is 2. The van der Waals surface area contributed by atoms with Gasteiger partial charge in [0.05, 0.1) is 17.5 Å². The summed E-state index contributed by atoms with van der Waals surface area (Å²) < 4.78 is 28.7. The van der Waals surface area contributed by atoms with E-state index >= 15 is 0 Å². The molecule has 7 nitrogen and oxygen atoms in total. The number of rotatable bonds is 8. The zero-order valence-corrected chi connectivity index (χ0v) is 23.8. The van der Waals surface area contributed by atoms with Gasteiger partial charge in [-0.15, -0.1) is 11.3 Å². The van der Waals surface area contributed by atoms with Gasteiger partial charge in [-0.25, -0.2) is 8.42 Å². The molecule has 3 aromatic rings. The van der Waals surface area contributed by atoms with Crippen LogP contribution in [-0.4, -0.2) is 49.1 Å². The third kappa shape index (κ3) is 5.77. The van der Waals surface area contributed by atoms with Crippen LogP contribution in [0.3, 0.4) is 0 Å². The lowest BCUT2D eigenvalue weighted by atomic mass is 9.93. The fourth-order valence-electron chi connectivity index (χ4n) is 4.78. The Morgan fingerprint density at radius 2 is 1.82 bits per heavy atom. The Balaban J connectivity index is 1.44. The standard InChI is InChI=1S/C27H27Cl2N3O4S2/c1-17(33)30-20-5-7-21(8-6-20)38(35,36)31(15-18-2-3-18)16-26(34)32-12-10-25-23(11-13-37-25)27(32)22-9-4-19(28)14-24(22)29/h4-9,11,13-14,18,27H,2-3,10,12,15-16H2,1H3,(H,30,33). The molecule has 0 spiro atoms. The van der Waals surface area contributed by atoms with Crippen LogP contribution >= 0.6 is 34.5 Å². The number of nitrogens with zero attached hydrogens (tertiary/aromatic N) is 2. The zero-order valence-electron chi connectivity index (χ0n) is 20.7. The number of halogens is 2. The van der Waals surface area contributed by atoms with Gasteiger partial charge in [-0.2, -0.15) is 4.31 Å². The van der Waals surface area contributed by atoms with Crippen molar-refractivity contribution >= 4 is 62.1 Å². The number of hydrogen-bond donors (Lipinski definition) is 1. The number of hydrogen-bond acceptors (Lipinski definition) is 5. The van der Waals surface area contributed by atoms with Crippen LogP contribution in [-0.2, 0) is 26.0 Å². The van der Waals surface area contributed by atoms with Gasteiger partial charge in [0.15, 0.2) is 0 Å². The Morgan fingerprint density at radius 3 is 2.47 bits per heavy atom. The maximum Gasteiger partial charge on any atom is 0.243 e. The Labute approximate surface area is 236 Å². The Bertz CT molecular complexity index is 1470. The van der Waals surface area contributed by atoms with Crippen molar-refractivity contribution in [1.29, 1.82) is 0 Å². The van der Waals surface area contributed by atoms with Crippen LogP contribution in [0.5, 0.6) is 0 Å². The van der Waals surface area contributed by atoms with Crippen LogP contribution in [0.2, 0.25) is 10.0 Å². The summed E-state index contributed by atoms with van der Waals surface area (Å²) in [5, 5.41) is 5.61. The largest absolute Gasteiger partial charge is 0.330 e. The number of nitrogens with one attached hydrogen (secondary N) is 1. The van der Waals surface area contributed by atoms with Crippen LogP contribution in [0.1, 0.15) is 41.8 Å². The molecule has 1 aromatic heterocycles. The van der Waals surface area contributed by atoms with E-state index in [1.165, 1.54) is 28.2 Å². The van der Waals surface area contributed by atoms with E-state index in [9.17, 15) is 18.0 Å². The van der Waals surface area contributed by atoms with Gasteiger partial charge in [0.1, 0.15) is 0 Å². The van der Waals surface area contributed by atoms with Crippen LogP contribution in [0, 0.1) is 5.92 Å². The number of benzene rings is 2. The molecular weight excluding hydrogens is 565 g/mol. The van der Waals surface area contributed by atoms with Gasteiger partial charge in [0.25, 0.3) is 0 Å². The molecule has 0 radical (unpaired) electrons. The van der Waals surface area contributed by atoms with Crippen molar-refractivity contribution in [2.45, 2.75) is 37.1 Å². The van der Waals surface area contributed by atoms with E-state index in [1.807, 2.05) is 17.5 Å². The van der Waals surface area contributed by atoms with Crippen molar-refractivity contribution in [1.82, 2.24) is 9.21 Å². The minimum absolute atomic E-state index is 0.0797. The molecule has 0 saturated heterocycles. The number of anilines is 1. The molecule has 1 aliphatic heterocycles. The number of carbonyl (C=O) groups excluding carboxylic acids is 2. The molecular formula is C27H27Cl2N3O4S2. The van der Waals surface area contributed by atoms with Crippen LogP contribution in [0.4, 0.5) is 5.69 Å². The van der Waals surface area contributed by atoms with Gasteiger partial charge in [0, 0.05) is 40.6 Å². The van der Waals surface area contributed by atoms with E-state index in [0.29, 0.717) is 28.7 Å². The molecule has 5 rings (SSSR count). The molecule has 2 aromatic carbocycles. The second-order valence-corrected chi connectivity index (χ2v) is 13.4. The first-order valence-electron chi connectivity index (χ1n) is 12.3. The van der Waals surface area contributed by atoms with Crippen molar-refractivity contribution in [2.75, 3.05) is 25.0 Å². The van der Waals surface area contributed by atoms with E-state index in [1.54, 1.807) is 40.5 Å². The van der Waals surface area contributed by atoms with Crippen molar-refractivity contribution < 1.29 is 18.0 Å². The van der Waals surface area contributed by atoms with Crippen molar-refractivity contribution in [3.8, 4) is 0 Å². The second kappa shape index (κ2) is 11.0. The second-order valence-electron chi connectivity index (χ2n) is 9.65. The maximum absolute atomic E-state index is 13.9. The first-order chi connectivity index (χ1) is 18.1. The van der Waals surface area contributed by atoms with Crippen molar-refractivity contribution in [3.63, 3.8) is 0 Å². The summed E-state index contributed by atoms with van der Waals surface area (Å²) in [4.78, 5) is 28.2. The predicted octanol–water partition coefficient (Wildman–Crippen LogP) is 5.59. The topological polar surface area (TPSA) is 86.8 Å². The monoisotopic (exact) mass is 591 g/mol. The number of fused-ring (bicyclic) bond motifs is 1. The normalized spacial score (nSPS) is 17.4. The van der Waals surface area contributed by atoms with E-state index in [0.717, 1.165) is 24.0 Å². The average Bonchev–Trinajstić information content (AvgIpc) is 3.55. The zero-order chi connectivity index (χ0) is 27.0. The first-order valence-corrected chi connectivity index (χ1v) is 15.4. The lowest BCUT2D eigenvalue weighted by molar-refractivity contribution is -0.133. The van der Waals surface area contributed by atoms with E-state index < -0.39 is 16.1 Å². The molecule has 1 saturated carbocycles. The van der Waals surface area contributed by atoms with E-state index in [4.69, 9.17) is 23.2 Å². The average molecular weight is 593 g/mol. The smallest absolute Gasteiger partial charge is 0.243 e. The predicted molar refractivity (Wildman–Crippen MR) is 150 cm³/mol. The summed E-state index contributed by atoms with van der Waals surface area (Å²) in [5.41, 5.74) is 2.27. The highest BCUT2D eigenvalue weighted by molar-refractivity contribution is 7.89. The molecule has 0 bridgehead atoms. The summed E-state index contributed by atoms with van der Waals surface area (Å²) in [6.45, 7) is 1.86. The van der Waals surface area contributed by atoms with E-state index in [-0.39, 0.29) is 35.7 Å². The molecule has 2 amide bonds. The number of carbonyl (C=O) groups is 2. The molecule has 2 aliphatic rings. The fraction of sp³-hybridized carbons (Fsp3) is 0.333. The molecule has 200 valence electrons. The van der Waals surface area contributed by atoms with Crippen LogP contribution in [0.15, 0.2) is 58.8 Å². The number of thiophene rings is 1. The highest BCUT2D eigenvalue weighted by Crippen LogP contribution is 2.41. The molecule has 1 fully saturated rings. The Morgan fingerprint density at radius 1 is 1.08 bits per heavy atom. The van der Waals surface area contributed by atoms with Crippen LogP contribution < -0.4 is 5.32 Å². The summed E-state index contributed by atoms with van der Waals surface area (Å²) in [6, 6.07) is 12.8. The van der Waals surface area contributed by atoms with Gasteiger partial charge in [-0.3, -0.25) is 9.59 Å². The lowest BCUT2D eigenvalue weighted by Gasteiger charge is -2.38. The third-order valence-corrected chi connectivity index (χ3v) is 10.2. The highest BCUT2D eigenvalue weighted by atomic mass is 35.5. The quantitative estimate of drug-likeness (QED) is 0.370. The Kier molecular flexibility index (Phi) is 7.84. The molecule has 1 unspecified atom stereocenters. The van der Waals surface area contributed by atoms with Gasteiger partial charge in [0.2, 0.25) is 21.8 Å². The van der Waals surface area contributed by atoms with Crippen LogP contribution in [0.25, 0.3) is 0 Å². The minimum atomic E-state index is -3.95. The molecule has 11 heteroatoms. The number of sulfonamides is 1. The first kappa shape index (κ1) is 27.1. The molecule has 1 N–H and O–H groups in total. The summed E-state index contributed by atoms with van der Waals surface area (Å²) >= 11 is 14.4. The summed E-state index contributed by atoms with van der Waals surface area (Å²) in [7, 11) is -3.95. The summed E-state index contributed by atoms with van der Waals surface area (Å²) in [5.74, 6) is -0.285. The van der Waals surface area contributed by atoms with Gasteiger partial charge in [-0.05, 0) is 84.2 Å². The fourth-order valence-corrected chi connectivity index (χ4v) is 7.67. The van der Waals surface area contributed by atoms with E-state index in [2.05, 4.69) is 5.32 Å². The molecule has 1 aliphatic carbocycles. The Hall–Kier alpha value is -2.43. The van der Waals surface area contributed by atoms with Crippen molar-refractivity contribution in [2.24, 2.45) is 5.92 Å². The van der Waals surface area contributed by atoms with Gasteiger partial charge in [-0.1, -0.05) is 29.3 Å². The van der Waals surface area contributed by atoms with Gasteiger partial charge < -0.3 is 10.2 Å². The SMILES string of the molecule is CC(=O)Nc1ccc(S(=O)(=O)N(CC(=O)N2CCc3sccc3C2c2ccc(Cl)cc2Cl)CC2CC2)cc1. The molecule has 2 heterocycles. The summed E-state index contributed by atoms with van der Waals surface area (Å²) in [6.07, 6.45) is 2.57. The molecule has 1 atom stereocenters. The van der Waals surface area contributed by atoms with Crippen molar-refractivity contribution in [3.05, 3.63) is 80.0 Å². The minimum Gasteiger partial charge on any atom is -0.330 e. The molecule has 38 heavy (non-hydrogen) atoms. The maximum atomic E-state index is 13.9. The van der Waals surface area contributed by atoms with Gasteiger partial charge >= 0.3 is 0 Å². The third-order valence-electron chi connectivity index (χ3n) is 6.83.